The van der Waals surface area contributed by atoms with E-state index in [1.54, 1.807) is 13.1 Å². The Kier molecular flexibility index (Phi) is 2.70. The molecule has 1 rings (SSSR count). The van der Waals surface area contributed by atoms with E-state index in [0.29, 0.717) is 5.75 Å². The summed E-state index contributed by atoms with van der Waals surface area (Å²) in [6.07, 6.45) is 1.34. The first-order valence-electron chi connectivity index (χ1n) is 2.95. The van der Waals surface area contributed by atoms with Crippen LogP contribution in [0, 0.1) is 0 Å². The van der Waals surface area contributed by atoms with E-state index in [2.05, 4.69) is 15.4 Å². The van der Waals surface area contributed by atoms with Crippen LogP contribution in [0.2, 0.25) is 0 Å². The van der Waals surface area contributed by atoms with E-state index in [4.69, 9.17) is 5.11 Å². The van der Waals surface area contributed by atoms with Crippen molar-refractivity contribution in [3.05, 3.63) is 6.20 Å². The lowest BCUT2D eigenvalue weighted by Gasteiger charge is -1.98. The molecule has 0 saturated carbocycles. The van der Waals surface area contributed by atoms with Crippen LogP contribution in [0.25, 0.3) is 0 Å². The predicted octanol–water partition coefficient (Wildman–Crippen LogP) is 0.278. The highest BCUT2D eigenvalue weighted by Crippen LogP contribution is 2.12. The van der Waals surface area contributed by atoms with Gasteiger partial charge in [-0.2, -0.15) is 10.3 Å². The van der Waals surface area contributed by atoms with Crippen molar-refractivity contribution >= 4 is 11.8 Å². The molecule has 0 radical (unpaired) electrons. The molecule has 0 bridgehead atoms. The van der Waals surface area contributed by atoms with Crippen molar-refractivity contribution < 1.29 is 5.11 Å². The third-order valence-electron chi connectivity index (χ3n) is 0.865. The minimum absolute atomic E-state index is 0.290. The maximum Gasteiger partial charge on any atom is 0.138 e. The van der Waals surface area contributed by atoms with Gasteiger partial charge in [0.15, 0.2) is 0 Å². The molecule has 1 atom stereocenters. The number of aliphatic hydroxyl groups is 1. The summed E-state index contributed by atoms with van der Waals surface area (Å²) >= 11 is 1.48. The first-order valence-corrected chi connectivity index (χ1v) is 3.94. The molecule has 0 aliphatic heterocycles. The van der Waals surface area contributed by atoms with Gasteiger partial charge >= 0.3 is 0 Å². The molecule has 1 unspecified atom stereocenters. The van der Waals surface area contributed by atoms with E-state index in [0.717, 1.165) is 5.03 Å². The number of hydrogen-bond acceptors (Lipinski definition) is 4. The Labute approximate surface area is 63.0 Å². The molecule has 1 aromatic heterocycles. The number of aromatic nitrogens is 3. The van der Waals surface area contributed by atoms with E-state index in [1.165, 1.54) is 11.8 Å². The molecule has 0 aromatic carbocycles. The first kappa shape index (κ1) is 7.56. The summed E-state index contributed by atoms with van der Waals surface area (Å²) in [4.78, 5) is 0. The van der Waals surface area contributed by atoms with E-state index in [9.17, 15) is 0 Å². The molecule has 10 heavy (non-hydrogen) atoms. The third kappa shape index (κ3) is 2.36. The molecular weight excluding hydrogens is 150 g/mol. The van der Waals surface area contributed by atoms with E-state index < -0.39 is 0 Å². The Morgan fingerprint density at radius 3 is 3.20 bits per heavy atom. The molecule has 56 valence electrons. The van der Waals surface area contributed by atoms with Crippen molar-refractivity contribution in [1.29, 1.82) is 0 Å². The standard InChI is InChI=1S/C5H9N3OS/c1-4(9)3-10-5-2-6-8-7-5/h2,4,9H,3H2,1H3,(H,6,7,8). The highest BCUT2D eigenvalue weighted by molar-refractivity contribution is 7.99. The van der Waals surface area contributed by atoms with E-state index in [-0.39, 0.29) is 6.10 Å². The number of aromatic amines is 1. The van der Waals surface area contributed by atoms with Gasteiger partial charge in [0.05, 0.1) is 12.3 Å². The Morgan fingerprint density at radius 2 is 2.70 bits per heavy atom. The van der Waals surface area contributed by atoms with Gasteiger partial charge in [0.25, 0.3) is 0 Å². The van der Waals surface area contributed by atoms with Crippen molar-refractivity contribution in [2.24, 2.45) is 0 Å². The zero-order valence-corrected chi connectivity index (χ0v) is 6.43. The molecule has 1 heterocycles. The van der Waals surface area contributed by atoms with Crippen molar-refractivity contribution in [2.45, 2.75) is 18.1 Å². The molecule has 0 fully saturated rings. The summed E-state index contributed by atoms with van der Waals surface area (Å²) < 4.78 is 0. The summed E-state index contributed by atoms with van der Waals surface area (Å²) in [5.74, 6) is 0.659. The van der Waals surface area contributed by atoms with Gasteiger partial charge in [0, 0.05) is 5.75 Å². The Hall–Kier alpha value is -0.550. The van der Waals surface area contributed by atoms with Gasteiger partial charge in [-0.1, -0.05) is 0 Å². The summed E-state index contributed by atoms with van der Waals surface area (Å²) in [6.45, 7) is 1.74. The fourth-order valence-electron chi connectivity index (χ4n) is 0.467. The molecule has 0 aliphatic rings. The van der Waals surface area contributed by atoms with Crippen LogP contribution in [0.1, 0.15) is 6.92 Å². The maximum absolute atomic E-state index is 8.87. The quantitative estimate of drug-likeness (QED) is 0.622. The van der Waals surface area contributed by atoms with E-state index in [1.807, 2.05) is 0 Å². The number of nitrogens with zero attached hydrogens (tertiary/aromatic N) is 2. The normalized spacial score (nSPS) is 13.4. The Bertz CT molecular complexity index is 175. The zero-order valence-electron chi connectivity index (χ0n) is 5.61. The van der Waals surface area contributed by atoms with Crippen LogP contribution in [0.15, 0.2) is 11.2 Å². The zero-order chi connectivity index (χ0) is 7.40. The second kappa shape index (κ2) is 3.58. The van der Waals surface area contributed by atoms with Gasteiger partial charge < -0.3 is 5.11 Å². The summed E-state index contributed by atoms with van der Waals surface area (Å²) in [7, 11) is 0. The molecule has 0 aliphatic carbocycles. The van der Waals surface area contributed by atoms with Crippen molar-refractivity contribution in [3.8, 4) is 0 Å². The van der Waals surface area contributed by atoms with Crippen LogP contribution >= 0.6 is 11.8 Å². The van der Waals surface area contributed by atoms with Crippen LogP contribution in [0.5, 0.6) is 0 Å². The minimum Gasteiger partial charge on any atom is -0.393 e. The second-order valence-electron chi connectivity index (χ2n) is 1.97. The molecule has 1 aromatic rings. The largest absolute Gasteiger partial charge is 0.393 e. The minimum atomic E-state index is -0.290. The van der Waals surface area contributed by atoms with Crippen LogP contribution in [0.4, 0.5) is 0 Å². The van der Waals surface area contributed by atoms with Crippen molar-refractivity contribution in [1.82, 2.24) is 15.4 Å². The van der Waals surface area contributed by atoms with Gasteiger partial charge in [-0.15, -0.1) is 16.9 Å². The molecule has 5 heteroatoms. The summed E-state index contributed by atoms with van der Waals surface area (Å²) in [6, 6.07) is 0. The smallest absolute Gasteiger partial charge is 0.138 e. The van der Waals surface area contributed by atoms with Crippen LogP contribution < -0.4 is 0 Å². The average Bonchev–Trinajstić information content (AvgIpc) is 2.34. The van der Waals surface area contributed by atoms with Crippen molar-refractivity contribution in [3.63, 3.8) is 0 Å². The van der Waals surface area contributed by atoms with Crippen LogP contribution in [0.3, 0.4) is 0 Å². The monoisotopic (exact) mass is 159 g/mol. The van der Waals surface area contributed by atoms with Gasteiger partial charge in [0.1, 0.15) is 5.03 Å². The molecule has 0 amide bonds. The van der Waals surface area contributed by atoms with E-state index >= 15 is 0 Å². The maximum atomic E-state index is 8.87. The highest BCUT2D eigenvalue weighted by atomic mass is 32.2. The van der Waals surface area contributed by atoms with Gasteiger partial charge in [0.2, 0.25) is 0 Å². The molecule has 0 saturated heterocycles. The van der Waals surface area contributed by atoms with Crippen LogP contribution in [-0.2, 0) is 0 Å². The number of thioether (sulfide) groups is 1. The number of nitrogens with one attached hydrogen (secondary N) is 1. The fraction of sp³-hybridized carbons (Fsp3) is 0.600. The Morgan fingerprint density at radius 1 is 1.90 bits per heavy atom. The number of H-pyrrole nitrogens is 1. The first-order chi connectivity index (χ1) is 4.79. The molecule has 0 spiro atoms. The topological polar surface area (TPSA) is 61.8 Å². The lowest BCUT2D eigenvalue weighted by Crippen LogP contribution is -2.02. The van der Waals surface area contributed by atoms with Crippen molar-refractivity contribution in [2.75, 3.05) is 5.75 Å². The number of hydrogen-bond donors (Lipinski definition) is 2. The molecule has 4 nitrogen and oxygen atoms in total. The lowest BCUT2D eigenvalue weighted by molar-refractivity contribution is 0.220. The summed E-state index contributed by atoms with van der Waals surface area (Å²) in [5.41, 5.74) is 0. The summed E-state index contributed by atoms with van der Waals surface area (Å²) in [5, 5.41) is 19.6. The average molecular weight is 159 g/mol. The SMILES string of the molecule is CC(O)CSc1cn[nH]n1. The van der Waals surface area contributed by atoms with Gasteiger partial charge in [-0.25, -0.2) is 0 Å². The number of rotatable bonds is 3. The van der Waals surface area contributed by atoms with Gasteiger partial charge in [-0.3, -0.25) is 0 Å². The Balaban J connectivity index is 2.28. The van der Waals surface area contributed by atoms with Crippen LogP contribution in [-0.4, -0.2) is 32.4 Å². The second-order valence-corrected chi connectivity index (χ2v) is 3.01. The lowest BCUT2D eigenvalue weighted by atomic mass is 10.5. The number of aliphatic hydroxyl groups excluding tert-OH is 1. The highest BCUT2D eigenvalue weighted by Gasteiger charge is 1.99. The predicted molar refractivity (Wildman–Crippen MR) is 38.8 cm³/mol. The molecular formula is C5H9N3OS. The third-order valence-corrected chi connectivity index (χ3v) is 2.01. The van der Waals surface area contributed by atoms with Gasteiger partial charge in [-0.05, 0) is 6.92 Å². The fourth-order valence-corrected chi connectivity index (χ4v) is 1.11. The molecule has 2 N–H and O–H groups in total.